The zero-order valence-corrected chi connectivity index (χ0v) is 9.64. The zero-order valence-electron chi connectivity index (χ0n) is 8.88. The minimum Gasteiger partial charge on any atom is -0.326 e. The van der Waals surface area contributed by atoms with Crippen molar-refractivity contribution in [2.45, 2.75) is 20.3 Å². The van der Waals surface area contributed by atoms with E-state index in [4.69, 9.17) is 11.6 Å². The maximum Gasteiger partial charge on any atom is 0.227 e. The first-order valence-electron chi connectivity index (χ1n) is 5.15. The molecule has 80 valence electrons. The van der Waals surface area contributed by atoms with Gasteiger partial charge in [-0.2, -0.15) is 0 Å². The molecule has 0 aromatic heterocycles. The van der Waals surface area contributed by atoms with Gasteiger partial charge in [0.2, 0.25) is 5.91 Å². The molecule has 1 fully saturated rings. The van der Waals surface area contributed by atoms with E-state index in [1.807, 2.05) is 19.1 Å². The first-order chi connectivity index (χ1) is 7.08. The topological polar surface area (TPSA) is 29.1 Å². The SMILES string of the molecule is Cc1ccc(NC(=O)[C@@H]2C[C@H]2C)cc1Cl. The lowest BCUT2D eigenvalue weighted by Gasteiger charge is -2.06. The molecule has 1 aliphatic rings. The maximum atomic E-state index is 11.6. The van der Waals surface area contributed by atoms with Crippen molar-refractivity contribution in [2.24, 2.45) is 11.8 Å². The first kappa shape index (κ1) is 10.5. The van der Waals surface area contributed by atoms with Gasteiger partial charge in [-0.25, -0.2) is 0 Å². The van der Waals surface area contributed by atoms with Crippen molar-refractivity contribution in [3.05, 3.63) is 28.8 Å². The lowest BCUT2D eigenvalue weighted by molar-refractivity contribution is -0.117. The van der Waals surface area contributed by atoms with Crippen LogP contribution in [0.25, 0.3) is 0 Å². The molecule has 1 amide bonds. The average Bonchev–Trinajstić information content (AvgIpc) is 2.89. The van der Waals surface area contributed by atoms with Gasteiger partial charge < -0.3 is 5.32 Å². The summed E-state index contributed by atoms with van der Waals surface area (Å²) in [6.45, 7) is 4.03. The molecule has 3 heteroatoms. The molecule has 0 spiro atoms. The van der Waals surface area contributed by atoms with E-state index >= 15 is 0 Å². The Morgan fingerprint density at radius 1 is 1.53 bits per heavy atom. The van der Waals surface area contributed by atoms with Crippen molar-refractivity contribution < 1.29 is 4.79 Å². The van der Waals surface area contributed by atoms with E-state index in [2.05, 4.69) is 12.2 Å². The minimum atomic E-state index is 0.113. The smallest absolute Gasteiger partial charge is 0.227 e. The second kappa shape index (κ2) is 3.86. The molecule has 1 saturated carbocycles. The van der Waals surface area contributed by atoms with Gasteiger partial charge in [0.05, 0.1) is 0 Å². The van der Waals surface area contributed by atoms with Crippen molar-refractivity contribution in [1.82, 2.24) is 0 Å². The van der Waals surface area contributed by atoms with Crippen LogP contribution >= 0.6 is 11.6 Å². The molecule has 0 aliphatic heterocycles. The van der Waals surface area contributed by atoms with Gasteiger partial charge in [0.25, 0.3) is 0 Å². The van der Waals surface area contributed by atoms with E-state index in [1.54, 1.807) is 6.07 Å². The second-order valence-corrected chi connectivity index (χ2v) is 4.68. The quantitative estimate of drug-likeness (QED) is 0.820. The summed E-state index contributed by atoms with van der Waals surface area (Å²) in [6, 6.07) is 5.59. The van der Waals surface area contributed by atoms with Crippen molar-refractivity contribution >= 4 is 23.2 Å². The Kier molecular flexibility index (Phi) is 2.70. The summed E-state index contributed by atoms with van der Waals surface area (Å²) in [4.78, 5) is 11.6. The van der Waals surface area contributed by atoms with Crippen molar-refractivity contribution in [3.8, 4) is 0 Å². The van der Waals surface area contributed by atoms with Crippen LogP contribution in [0.4, 0.5) is 5.69 Å². The summed E-state index contributed by atoms with van der Waals surface area (Å²) in [5.74, 6) is 0.846. The molecule has 1 aromatic rings. The summed E-state index contributed by atoms with van der Waals surface area (Å²) in [7, 11) is 0. The third-order valence-corrected chi connectivity index (χ3v) is 3.29. The number of carbonyl (C=O) groups excluding carboxylic acids is 1. The largest absolute Gasteiger partial charge is 0.326 e. The van der Waals surface area contributed by atoms with Gasteiger partial charge in [0.15, 0.2) is 0 Å². The van der Waals surface area contributed by atoms with E-state index in [0.29, 0.717) is 10.9 Å². The number of rotatable bonds is 2. The standard InChI is InChI=1S/C12H14ClNO/c1-7-3-4-9(6-11(7)13)14-12(15)10-5-8(10)2/h3-4,6,8,10H,5H2,1-2H3,(H,14,15)/t8-,10-/m1/s1. The molecule has 0 heterocycles. The summed E-state index contributed by atoms with van der Waals surface area (Å²) >= 11 is 5.97. The Labute approximate surface area is 94.6 Å². The van der Waals surface area contributed by atoms with Crippen LogP contribution in [-0.2, 0) is 4.79 Å². The number of carbonyl (C=O) groups is 1. The average molecular weight is 224 g/mol. The second-order valence-electron chi connectivity index (χ2n) is 4.27. The Balaban J connectivity index is 2.04. The molecule has 0 bridgehead atoms. The molecule has 2 nitrogen and oxygen atoms in total. The molecule has 2 atom stereocenters. The van der Waals surface area contributed by atoms with Crippen molar-refractivity contribution in [1.29, 1.82) is 0 Å². The summed E-state index contributed by atoms with van der Waals surface area (Å²) in [5, 5.41) is 3.57. The highest BCUT2D eigenvalue weighted by Crippen LogP contribution is 2.38. The lowest BCUT2D eigenvalue weighted by atomic mass is 10.2. The Hall–Kier alpha value is -1.02. The van der Waals surface area contributed by atoms with Gasteiger partial charge in [-0.3, -0.25) is 4.79 Å². The molecule has 1 aliphatic carbocycles. The molecule has 2 rings (SSSR count). The van der Waals surface area contributed by atoms with E-state index in [-0.39, 0.29) is 11.8 Å². The maximum absolute atomic E-state index is 11.6. The monoisotopic (exact) mass is 223 g/mol. The summed E-state index contributed by atoms with van der Waals surface area (Å²) in [5.41, 5.74) is 1.81. The number of hydrogen-bond donors (Lipinski definition) is 1. The third kappa shape index (κ3) is 2.32. The number of aryl methyl sites for hydroxylation is 1. The van der Waals surface area contributed by atoms with Crippen LogP contribution in [-0.4, -0.2) is 5.91 Å². The summed E-state index contributed by atoms with van der Waals surface area (Å²) < 4.78 is 0. The van der Waals surface area contributed by atoms with E-state index < -0.39 is 0 Å². The predicted molar refractivity (Wildman–Crippen MR) is 62.1 cm³/mol. The normalized spacial score (nSPS) is 23.7. The van der Waals surface area contributed by atoms with E-state index in [1.165, 1.54) is 0 Å². The van der Waals surface area contributed by atoms with Crippen LogP contribution in [0.2, 0.25) is 5.02 Å². The number of halogens is 1. The number of anilines is 1. The highest BCUT2D eigenvalue weighted by molar-refractivity contribution is 6.31. The first-order valence-corrected chi connectivity index (χ1v) is 5.52. The van der Waals surface area contributed by atoms with Crippen LogP contribution in [0.5, 0.6) is 0 Å². The molecule has 1 aromatic carbocycles. The molecule has 0 saturated heterocycles. The Bertz CT molecular complexity index is 403. The Morgan fingerprint density at radius 3 is 2.73 bits per heavy atom. The van der Waals surface area contributed by atoms with E-state index in [9.17, 15) is 4.79 Å². The molecular weight excluding hydrogens is 210 g/mol. The molecule has 0 unspecified atom stereocenters. The fourth-order valence-corrected chi connectivity index (χ4v) is 1.77. The highest BCUT2D eigenvalue weighted by Gasteiger charge is 2.39. The third-order valence-electron chi connectivity index (χ3n) is 2.89. The van der Waals surface area contributed by atoms with Gasteiger partial charge in [-0.15, -0.1) is 0 Å². The van der Waals surface area contributed by atoms with Crippen molar-refractivity contribution in [2.75, 3.05) is 5.32 Å². The van der Waals surface area contributed by atoms with Crippen LogP contribution in [0.3, 0.4) is 0 Å². The van der Waals surface area contributed by atoms with E-state index in [0.717, 1.165) is 17.7 Å². The zero-order chi connectivity index (χ0) is 11.0. The number of hydrogen-bond acceptors (Lipinski definition) is 1. The molecular formula is C12H14ClNO. The number of amides is 1. The van der Waals surface area contributed by atoms with Gasteiger partial charge in [-0.05, 0) is 37.0 Å². The van der Waals surface area contributed by atoms with Gasteiger partial charge in [-0.1, -0.05) is 24.6 Å². The fraction of sp³-hybridized carbons (Fsp3) is 0.417. The van der Waals surface area contributed by atoms with Crippen LogP contribution < -0.4 is 5.32 Å². The number of nitrogens with one attached hydrogen (secondary N) is 1. The molecule has 0 radical (unpaired) electrons. The van der Waals surface area contributed by atoms with Gasteiger partial charge >= 0.3 is 0 Å². The predicted octanol–water partition coefficient (Wildman–Crippen LogP) is 3.24. The van der Waals surface area contributed by atoms with Gasteiger partial charge in [0.1, 0.15) is 0 Å². The highest BCUT2D eigenvalue weighted by atomic mass is 35.5. The van der Waals surface area contributed by atoms with Gasteiger partial charge in [0, 0.05) is 16.6 Å². The molecule has 1 N–H and O–H groups in total. The van der Waals surface area contributed by atoms with Crippen LogP contribution in [0.15, 0.2) is 18.2 Å². The van der Waals surface area contributed by atoms with Crippen LogP contribution in [0, 0.1) is 18.8 Å². The van der Waals surface area contributed by atoms with Crippen LogP contribution in [0.1, 0.15) is 18.9 Å². The number of benzene rings is 1. The molecule has 15 heavy (non-hydrogen) atoms. The lowest BCUT2D eigenvalue weighted by Crippen LogP contribution is -2.14. The summed E-state index contributed by atoms with van der Waals surface area (Å²) in [6.07, 6.45) is 1.01. The Morgan fingerprint density at radius 2 is 2.20 bits per heavy atom. The minimum absolute atomic E-state index is 0.113. The van der Waals surface area contributed by atoms with Crippen molar-refractivity contribution in [3.63, 3.8) is 0 Å². The fourth-order valence-electron chi connectivity index (χ4n) is 1.59.